The van der Waals surface area contributed by atoms with Gasteiger partial charge in [-0.25, -0.2) is 14.4 Å². The maximum absolute atomic E-state index is 14.7. The molecule has 2 heterocycles. The summed E-state index contributed by atoms with van der Waals surface area (Å²) in [4.78, 5) is 22.5. The van der Waals surface area contributed by atoms with E-state index in [0.717, 1.165) is 16.7 Å². The van der Waals surface area contributed by atoms with Gasteiger partial charge in [-0.1, -0.05) is 23.8 Å². The molecular weight excluding hydrogens is 383 g/mol. The number of anilines is 1. The highest BCUT2D eigenvalue weighted by Gasteiger charge is 2.30. The molecule has 30 heavy (non-hydrogen) atoms. The SMILES string of the molecule is CCN1Cc2c(N[C@@H](C)c3ccc(Oc4ccc(C)cc4)c(F)c3)ncnc2C1=O. The van der Waals surface area contributed by atoms with Crippen molar-refractivity contribution in [2.24, 2.45) is 0 Å². The molecule has 6 nitrogen and oxygen atoms in total. The summed E-state index contributed by atoms with van der Waals surface area (Å²) in [5.74, 6) is 0.815. The van der Waals surface area contributed by atoms with Crippen LogP contribution in [0.25, 0.3) is 0 Å². The van der Waals surface area contributed by atoms with Crippen molar-refractivity contribution in [1.82, 2.24) is 14.9 Å². The van der Waals surface area contributed by atoms with Crippen molar-refractivity contribution in [2.45, 2.75) is 33.4 Å². The minimum atomic E-state index is -0.443. The predicted molar refractivity (Wildman–Crippen MR) is 112 cm³/mol. The Kier molecular flexibility index (Phi) is 5.35. The Hall–Kier alpha value is -3.48. The Labute approximate surface area is 174 Å². The van der Waals surface area contributed by atoms with Gasteiger partial charge in [-0.15, -0.1) is 0 Å². The fraction of sp³-hybridized carbons (Fsp3) is 0.261. The molecule has 0 unspecified atom stereocenters. The van der Waals surface area contributed by atoms with Crippen molar-refractivity contribution in [3.63, 3.8) is 0 Å². The van der Waals surface area contributed by atoms with Gasteiger partial charge in [0.2, 0.25) is 0 Å². The molecule has 154 valence electrons. The maximum Gasteiger partial charge on any atom is 0.273 e. The van der Waals surface area contributed by atoms with Crippen LogP contribution < -0.4 is 10.1 Å². The Morgan fingerprint density at radius 3 is 2.67 bits per heavy atom. The number of nitrogens with zero attached hydrogens (tertiary/aromatic N) is 3. The molecule has 3 aromatic rings. The number of nitrogens with one attached hydrogen (secondary N) is 1. The first-order valence-electron chi connectivity index (χ1n) is 9.90. The highest BCUT2D eigenvalue weighted by molar-refractivity contribution is 5.97. The smallest absolute Gasteiger partial charge is 0.273 e. The van der Waals surface area contributed by atoms with Gasteiger partial charge in [-0.2, -0.15) is 0 Å². The molecule has 2 aromatic carbocycles. The van der Waals surface area contributed by atoms with Gasteiger partial charge in [0, 0.05) is 12.1 Å². The topological polar surface area (TPSA) is 67.3 Å². The monoisotopic (exact) mass is 406 g/mol. The number of halogens is 1. The number of aryl methyl sites for hydroxylation is 1. The second-order valence-corrected chi connectivity index (χ2v) is 7.34. The van der Waals surface area contributed by atoms with E-state index in [1.807, 2.05) is 51.1 Å². The fourth-order valence-electron chi connectivity index (χ4n) is 3.43. The molecule has 0 bridgehead atoms. The molecule has 1 N–H and O–H groups in total. The quantitative estimate of drug-likeness (QED) is 0.633. The first kappa shape index (κ1) is 19.8. The van der Waals surface area contributed by atoms with Crippen LogP contribution in [0.15, 0.2) is 48.8 Å². The zero-order chi connectivity index (χ0) is 21.3. The normalized spacial score (nSPS) is 13.9. The molecule has 1 aliphatic rings. The summed E-state index contributed by atoms with van der Waals surface area (Å²) in [6.07, 6.45) is 1.38. The number of benzene rings is 2. The van der Waals surface area contributed by atoms with E-state index in [2.05, 4.69) is 15.3 Å². The summed E-state index contributed by atoms with van der Waals surface area (Å²) in [7, 11) is 0. The molecular formula is C23H23FN4O2. The Bertz CT molecular complexity index is 1090. The lowest BCUT2D eigenvalue weighted by Crippen LogP contribution is -2.23. The largest absolute Gasteiger partial charge is 0.454 e. The van der Waals surface area contributed by atoms with Crippen LogP contribution in [-0.2, 0) is 6.54 Å². The van der Waals surface area contributed by atoms with Crippen molar-refractivity contribution in [2.75, 3.05) is 11.9 Å². The van der Waals surface area contributed by atoms with Crippen molar-refractivity contribution >= 4 is 11.7 Å². The first-order chi connectivity index (χ1) is 14.5. The summed E-state index contributed by atoms with van der Waals surface area (Å²) in [6.45, 7) is 6.90. The summed E-state index contributed by atoms with van der Waals surface area (Å²) in [6, 6.07) is 12.1. The van der Waals surface area contributed by atoms with Crippen LogP contribution in [-0.4, -0.2) is 27.3 Å². The van der Waals surface area contributed by atoms with Gasteiger partial charge in [-0.3, -0.25) is 4.79 Å². The lowest BCUT2D eigenvalue weighted by molar-refractivity contribution is 0.0783. The third-order valence-electron chi connectivity index (χ3n) is 5.22. The molecule has 0 fully saturated rings. The van der Waals surface area contributed by atoms with E-state index >= 15 is 0 Å². The van der Waals surface area contributed by atoms with Crippen LogP contribution >= 0.6 is 0 Å². The highest BCUT2D eigenvalue weighted by Crippen LogP contribution is 2.31. The van der Waals surface area contributed by atoms with Crippen LogP contribution in [0.2, 0.25) is 0 Å². The Morgan fingerprint density at radius 1 is 1.20 bits per heavy atom. The molecule has 7 heteroatoms. The van der Waals surface area contributed by atoms with E-state index in [1.165, 1.54) is 12.4 Å². The number of fused-ring (bicyclic) bond motifs is 1. The highest BCUT2D eigenvalue weighted by atomic mass is 19.1. The number of hydrogen-bond acceptors (Lipinski definition) is 5. The predicted octanol–water partition coefficient (Wildman–Crippen LogP) is 4.87. The average Bonchev–Trinajstić information content (AvgIpc) is 3.08. The van der Waals surface area contributed by atoms with Crippen molar-refractivity contribution < 1.29 is 13.9 Å². The molecule has 1 aliphatic heterocycles. The zero-order valence-corrected chi connectivity index (χ0v) is 17.1. The number of aromatic nitrogens is 2. The van der Waals surface area contributed by atoms with E-state index < -0.39 is 5.82 Å². The fourth-order valence-corrected chi connectivity index (χ4v) is 3.43. The molecule has 1 atom stereocenters. The summed E-state index contributed by atoms with van der Waals surface area (Å²) >= 11 is 0. The van der Waals surface area contributed by atoms with E-state index in [-0.39, 0.29) is 17.7 Å². The molecule has 1 amide bonds. The second-order valence-electron chi connectivity index (χ2n) is 7.34. The number of ether oxygens (including phenoxy) is 1. The summed E-state index contributed by atoms with van der Waals surface area (Å²) in [5, 5.41) is 3.29. The lowest BCUT2D eigenvalue weighted by Gasteiger charge is -2.18. The van der Waals surface area contributed by atoms with Gasteiger partial charge in [0.15, 0.2) is 11.6 Å². The van der Waals surface area contributed by atoms with Gasteiger partial charge in [0.05, 0.1) is 12.6 Å². The molecule has 0 saturated carbocycles. The van der Waals surface area contributed by atoms with Gasteiger partial charge in [0.1, 0.15) is 23.6 Å². The minimum Gasteiger partial charge on any atom is -0.454 e. The van der Waals surface area contributed by atoms with Gasteiger partial charge in [0.25, 0.3) is 5.91 Å². The first-order valence-corrected chi connectivity index (χ1v) is 9.90. The third kappa shape index (κ3) is 3.83. The molecule has 0 saturated heterocycles. The summed E-state index contributed by atoms with van der Waals surface area (Å²) < 4.78 is 20.3. The summed E-state index contributed by atoms with van der Waals surface area (Å²) in [5.41, 5.74) is 3.05. The minimum absolute atomic E-state index is 0.0887. The third-order valence-corrected chi connectivity index (χ3v) is 5.22. The van der Waals surface area contributed by atoms with Crippen LogP contribution in [0.4, 0.5) is 10.2 Å². The van der Waals surface area contributed by atoms with Crippen LogP contribution in [0, 0.1) is 12.7 Å². The molecule has 1 aromatic heterocycles. The zero-order valence-electron chi connectivity index (χ0n) is 17.1. The number of carbonyl (C=O) groups is 1. The number of hydrogen-bond donors (Lipinski definition) is 1. The molecule has 4 rings (SSSR count). The average molecular weight is 406 g/mol. The van der Waals surface area contributed by atoms with Crippen molar-refractivity contribution in [1.29, 1.82) is 0 Å². The van der Waals surface area contributed by atoms with Gasteiger partial charge in [-0.05, 0) is 50.6 Å². The maximum atomic E-state index is 14.7. The number of rotatable bonds is 6. The number of amides is 1. The van der Waals surface area contributed by atoms with E-state index in [0.29, 0.717) is 30.4 Å². The van der Waals surface area contributed by atoms with Crippen molar-refractivity contribution in [3.05, 3.63) is 77.0 Å². The van der Waals surface area contributed by atoms with Gasteiger partial charge >= 0.3 is 0 Å². The van der Waals surface area contributed by atoms with E-state index in [4.69, 9.17) is 4.74 Å². The Morgan fingerprint density at radius 2 is 1.97 bits per heavy atom. The standard InChI is InChI=1S/C23H23FN4O2/c1-4-28-12-18-21(23(28)29)25-13-26-22(18)27-15(3)16-7-10-20(19(24)11-16)30-17-8-5-14(2)6-9-17/h5-11,13,15H,4,12H2,1-3H3,(H,25,26,27)/t15-/m0/s1. The van der Waals surface area contributed by atoms with Crippen LogP contribution in [0.5, 0.6) is 11.5 Å². The van der Waals surface area contributed by atoms with E-state index in [9.17, 15) is 9.18 Å². The molecule has 0 aliphatic carbocycles. The second kappa shape index (κ2) is 8.10. The number of carbonyl (C=O) groups excluding carboxylic acids is 1. The molecule has 0 spiro atoms. The van der Waals surface area contributed by atoms with Crippen LogP contribution in [0.1, 0.15) is 47.1 Å². The van der Waals surface area contributed by atoms with Gasteiger partial charge < -0.3 is 15.0 Å². The Balaban J connectivity index is 1.51. The molecule has 0 radical (unpaired) electrons. The van der Waals surface area contributed by atoms with Crippen LogP contribution in [0.3, 0.4) is 0 Å². The van der Waals surface area contributed by atoms with E-state index in [1.54, 1.807) is 11.0 Å². The lowest BCUT2D eigenvalue weighted by atomic mass is 10.1. The van der Waals surface area contributed by atoms with Crippen molar-refractivity contribution in [3.8, 4) is 11.5 Å².